The summed E-state index contributed by atoms with van der Waals surface area (Å²) in [5.74, 6) is 1.21. The largest absolute Gasteiger partial charge is 0.496 e. The Morgan fingerprint density at radius 3 is 2.39 bits per heavy atom. The third-order valence-electron chi connectivity index (χ3n) is 6.18. The van der Waals surface area contributed by atoms with Crippen LogP contribution in [0.5, 0.6) is 0 Å². The van der Waals surface area contributed by atoms with Crippen molar-refractivity contribution in [1.29, 1.82) is 0 Å². The van der Waals surface area contributed by atoms with E-state index in [1.54, 1.807) is 6.07 Å². The summed E-state index contributed by atoms with van der Waals surface area (Å²) < 4.78 is 5.51. The average molecular weight is 466 g/mol. The van der Waals surface area contributed by atoms with E-state index in [1.807, 2.05) is 30.9 Å². The number of anilines is 2. The van der Waals surface area contributed by atoms with Crippen LogP contribution in [0.2, 0.25) is 0 Å². The molecular formula is C26H31N3O3S. The van der Waals surface area contributed by atoms with E-state index in [1.165, 1.54) is 28.6 Å². The van der Waals surface area contributed by atoms with Gasteiger partial charge in [0.15, 0.2) is 0 Å². The van der Waals surface area contributed by atoms with Gasteiger partial charge in [0.25, 0.3) is 11.8 Å². The lowest BCUT2D eigenvalue weighted by Crippen LogP contribution is -2.49. The summed E-state index contributed by atoms with van der Waals surface area (Å²) in [6.45, 7) is 11.5. The highest BCUT2D eigenvalue weighted by Crippen LogP contribution is 2.28. The third-order valence-corrected chi connectivity index (χ3v) is 7.31. The number of thioether (sulfide) groups is 1. The molecule has 2 aromatic rings. The molecule has 2 heterocycles. The summed E-state index contributed by atoms with van der Waals surface area (Å²) in [6.07, 6.45) is 0. The van der Waals surface area contributed by atoms with E-state index in [4.69, 9.17) is 4.74 Å². The van der Waals surface area contributed by atoms with Crippen LogP contribution in [0, 0.1) is 20.8 Å². The molecule has 0 spiro atoms. The lowest BCUT2D eigenvalue weighted by atomic mass is 10.1. The molecule has 1 N–H and O–H groups in total. The van der Waals surface area contributed by atoms with Gasteiger partial charge in [0.1, 0.15) is 10.7 Å². The zero-order chi connectivity index (χ0) is 23.5. The van der Waals surface area contributed by atoms with Gasteiger partial charge in [-0.3, -0.25) is 9.59 Å². The first-order chi connectivity index (χ1) is 15.8. The van der Waals surface area contributed by atoms with Gasteiger partial charge >= 0.3 is 0 Å². The Kier molecular flexibility index (Phi) is 6.98. The maximum atomic E-state index is 13.2. The Morgan fingerprint density at radius 2 is 1.67 bits per heavy atom. The van der Waals surface area contributed by atoms with Crippen LogP contribution in [0.25, 0.3) is 0 Å². The highest BCUT2D eigenvalue weighted by Gasteiger charge is 2.24. The number of carbonyl (C=O) groups excluding carboxylic acids is 2. The summed E-state index contributed by atoms with van der Waals surface area (Å²) in [4.78, 5) is 30.8. The molecule has 1 fully saturated rings. The van der Waals surface area contributed by atoms with Gasteiger partial charge in [-0.1, -0.05) is 18.2 Å². The second kappa shape index (κ2) is 9.91. The first kappa shape index (κ1) is 23.2. The fourth-order valence-corrected chi connectivity index (χ4v) is 5.01. The Bertz CT molecular complexity index is 1100. The molecule has 0 unspecified atom stereocenters. The molecule has 0 saturated carbocycles. The standard InChI is InChI=1S/C26H31N3O3S/c1-17-5-6-19(3)23(15-17)28-9-11-29(12-10-28)26(31)21-8-7-18(2)22(16-21)27-25(30)24-20(4)32-13-14-33-24/h5-8,15-16H,9-14H2,1-4H3,(H,27,30). The highest BCUT2D eigenvalue weighted by atomic mass is 32.2. The Labute approximate surface area is 200 Å². The van der Waals surface area contributed by atoms with Crippen molar-refractivity contribution >= 4 is 35.0 Å². The van der Waals surface area contributed by atoms with E-state index < -0.39 is 0 Å². The number of hydrogen-bond donors (Lipinski definition) is 1. The van der Waals surface area contributed by atoms with Gasteiger partial charge in [0.2, 0.25) is 0 Å². The van der Waals surface area contributed by atoms with Crippen LogP contribution in [0.15, 0.2) is 47.1 Å². The Morgan fingerprint density at radius 1 is 0.939 bits per heavy atom. The van der Waals surface area contributed by atoms with Crippen molar-refractivity contribution in [3.63, 3.8) is 0 Å². The van der Waals surface area contributed by atoms with Gasteiger partial charge in [-0.15, -0.1) is 11.8 Å². The SMILES string of the molecule is CC1=C(C(=O)Nc2cc(C(=O)N3CCN(c4cc(C)ccc4C)CC3)ccc2C)SCCO1. The van der Waals surface area contributed by atoms with E-state index in [0.29, 0.717) is 41.6 Å². The van der Waals surface area contributed by atoms with E-state index in [9.17, 15) is 9.59 Å². The van der Waals surface area contributed by atoms with Crippen LogP contribution in [0.3, 0.4) is 0 Å². The summed E-state index contributed by atoms with van der Waals surface area (Å²) in [6, 6.07) is 12.0. The van der Waals surface area contributed by atoms with E-state index in [2.05, 4.69) is 42.3 Å². The number of piperazine rings is 1. The number of aryl methyl sites for hydroxylation is 3. The molecule has 174 valence electrons. The zero-order valence-electron chi connectivity index (χ0n) is 19.7. The predicted molar refractivity (Wildman–Crippen MR) is 135 cm³/mol. The molecule has 6 nitrogen and oxygen atoms in total. The lowest BCUT2D eigenvalue weighted by molar-refractivity contribution is -0.112. The molecule has 4 rings (SSSR count). The maximum Gasteiger partial charge on any atom is 0.265 e. The molecule has 0 radical (unpaired) electrons. The molecule has 2 amide bonds. The monoisotopic (exact) mass is 465 g/mol. The van der Waals surface area contributed by atoms with Gasteiger partial charge in [0, 0.05) is 48.9 Å². The van der Waals surface area contributed by atoms with Crippen LogP contribution < -0.4 is 10.2 Å². The number of amides is 2. The number of benzene rings is 2. The van der Waals surface area contributed by atoms with Crippen molar-refractivity contribution in [2.24, 2.45) is 0 Å². The van der Waals surface area contributed by atoms with E-state index >= 15 is 0 Å². The summed E-state index contributed by atoms with van der Waals surface area (Å²) in [5, 5.41) is 2.97. The molecule has 1 saturated heterocycles. The smallest absolute Gasteiger partial charge is 0.265 e. The maximum absolute atomic E-state index is 13.2. The van der Waals surface area contributed by atoms with Gasteiger partial charge in [0.05, 0.1) is 6.61 Å². The van der Waals surface area contributed by atoms with Crippen molar-refractivity contribution in [2.75, 3.05) is 48.8 Å². The van der Waals surface area contributed by atoms with Crippen LogP contribution >= 0.6 is 11.8 Å². The summed E-state index contributed by atoms with van der Waals surface area (Å²) >= 11 is 1.50. The quantitative estimate of drug-likeness (QED) is 0.720. The highest BCUT2D eigenvalue weighted by molar-refractivity contribution is 8.04. The third kappa shape index (κ3) is 5.19. The van der Waals surface area contributed by atoms with Crippen LogP contribution in [0.1, 0.15) is 34.0 Å². The molecule has 0 aromatic heterocycles. The molecular weight excluding hydrogens is 434 g/mol. The summed E-state index contributed by atoms with van der Waals surface area (Å²) in [7, 11) is 0. The van der Waals surface area contributed by atoms with Crippen LogP contribution in [-0.4, -0.2) is 55.3 Å². The number of carbonyl (C=O) groups is 2. The van der Waals surface area contributed by atoms with Crippen molar-refractivity contribution in [3.8, 4) is 0 Å². The summed E-state index contributed by atoms with van der Waals surface area (Å²) in [5.41, 5.74) is 5.91. The first-order valence-electron chi connectivity index (χ1n) is 11.3. The van der Waals surface area contributed by atoms with Crippen molar-refractivity contribution < 1.29 is 14.3 Å². The van der Waals surface area contributed by atoms with E-state index in [0.717, 1.165) is 24.4 Å². The van der Waals surface area contributed by atoms with Gasteiger partial charge < -0.3 is 19.9 Å². The first-order valence-corrected chi connectivity index (χ1v) is 12.3. The molecule has 0 bridgehead atoms. The van der Waals surface area contributed by atoms with Gasteiger partial charge in [-0.2, -0.15) is 0 Å². The van der Waals surface area contributed by atoms with Gasteiger partial charge in [-0.25, -0.2) is 0 Å². The van der Waals surface area contributed by atoms with E-state index in [-0.39, 0.29) is 11.8 Å². The fraction of sp³-hybridized carbons (Fsp3) is 0.385. The van der Waals surface area contributed by atoms with Crippen LogP contribution in [-0.2, 0) is 9.53 Å². The number of nitrogens with one attached hydrogen (secondary N) is 1. The second-order valence-corrected chi connectivity index (χ2v) is 9.74. The number of hydrogen-bond acceptors (Lipinski definition) is 5. The number of nitrogens with zero attached hydrogens (tertiary/aromatic N) is 2. The molecule has 2 aliphatic rings. The van der Waals surface area contributed by atoms with Crippen molar-refractivity contribution in [2.45, 2.75) is 27.7 Å². The molecule has 2 aromatic carbocycles. The number of ether oxygens (including phenoxy) is 1. The number of allylic oxidation sites excluding steroid dienone is 1. The minimum absolute atomic E-state index is 0.00289. The number of rotatable bonds is 4. The topological polar surface area (TPSA) is 61.9 Å². The average Bonchev–Trinajstić information content (AvgIpc) is 2.82. The molecule has 0 aliphatic carbocycles. The Hall–Kier alpha value is -2.93. The minimum atomic E-state index is -0.188. The molecule has 2 aliphatic heterocycles. The molecule has 7 heteroatoms. The predicted octanol–water partition coefficient (Wildman–Crippen LogP) is 4.51. The minimum Gasteiger partial charge on any atom is -0.496 e. The Balaban J connectivity index is 1.44. The van der Waals surface area contributed by atoms with Gasteiger partial charge in [-0.05, 0) is 62.6 Å². The lowest BCUT2D eigenvalue weighted by Gasteiger charge is -2.37. The molecule has 0 atom stereocenters. The van der Waals surface area contributed by atoms with Crippen LogP contribution in [0.4, 0.5) is 11.4 Å². The normalized spacial score (nSPS) is 16.5. The second-order valence-electron chi connectivity index (χ2n) is 8.64. The van der Waals surface area contributed by atoms with Crippen molar-refractivity contribution in [3.05, 3.63) is 69.3 Å². The van der Waals surface area contributed by atoms with Crippen molar-refractivity contribution in [1.82, 2.24) is 4.90 Å². The fourth-order valence-electron chi connectivity index (χ4n) is 4.19. The zero-order valence-corrected chi connectivity index (χ0v) is 20.6. The molecule has 33 heavy (non-hydrogen) atoms.